The van der Waals surface area contributed by atoms with E-state index in [9.17, 15) is 30.0 Å². The number of nitrogens with one attached hydrogen (secondary N) is 1. The zero-order chi connectivity index (χ0) is 21.2. The molecule has 28 heavy (non-hydrogen) atoms. The Bertz CT molecular complexity index is 1030. The average Bonchev–Trinajstić information content (AvgIpc) is 2.62. The van der Waals surface area contributed by atoms with Gasteiger partial charge in [-0.3, -0.25) is 4.72 Å². The van der Waals surface area contributed by atoms with Crippen molar-refractivity contribution in [2.45, 2.75) is 29.8 Å². The Morgan fingerprint density at radius 3 is 1.93 bits per heavy atom. The van der Waals surface area contributed by atoms with E-state index in [0.717, 1.165) is 36.4 Å². The van der Waals surface area contributed by atoms with Gasteiger partial charge in [0.05, 0.1) is 15.4 Å². The highest BCUT2D eigenvalue weighted by Crippen LogP contribution is 2.31. The van der Waals surface area contributed by atoms with Crippen LogP contribution in [0.3, 0.4) is 0 Å². The van der Waals surface area contributed by atoms with E-state index in [2.05, 4.69) is 4.72 Å². The van der Waals surface area contributed by atoms with Crippen molar-refractivity contribution in [2.24, 2.45) is 0 Å². The zero-order valence-corrected chi connectivity index (χ0v) is 16.7. The maximum Gasteiger partial charge on any atom is 0.416 e. The second-order valence-corrected chi connectivity index (χ2v) is 9.37. The third-order valence-electron chi connectivity index (χ3n) is 3.92. The van der Waals surface area contributed by atoms with Crippen molar-refractivity contribution < 1.29 is 30.0 Å². The molecule has 0 radical (unpaired) electrons. The fourth-order valence-electron chi connectivity index (χ4n) is 2.48. The minimum absolute atomic E-state index is 0.0748. The Kier molecular flexibility index (Phi) is 6.41. The Labute approximate surface area is 162 Å². The molecule has 0 spiro atoms. The van der Waals surface area contributed by atoms with Crippen molar-refractivity contribution in [3.63, 3.8) is 0 Å². The van der Waals surface area contributed by atoms with Crippen molar-refractivity contribution in [1.29, 1.82) is 0 Å². The van der Waals surface area contributed by atoms with Crippen LogP contribution in [-0.2, 0) is 26.2 Å². The van der Waals surface area contributed by atoms with Crippen LogP contribution in [0.2, 0.25) is 0 Å². The van der Waals surface area contributed by atoms with Gasteiger partial charge in [0, 0.05) is 18.8 Å². The molecule has 2 aromatic carbocycles. The first-order valence-electron chi connectivity index (χ1n) is 8.22. The number of sulfonamides is 2. The molecule has 0 amide bonds. The molecular formula is C17H19F3N2O4S2. The van der Waals surface area contributed by atoms with Crippen molar-refractivity contribution in [3.8, 4) is 0 Å². The Morgan fingerprint density at radius 1 is 0.893 bits per heavy atom. The second kappa shape index (κ2) is 8.10. The fourth-order valence-corrected chi connectivity index (χ4v) is 4.98. The van der Waals surface area contributed by atoms with Crippen LogP contribution in [0.25, 0.3) is 0 Å². The van der Waals surface area contributed by atoms with Crippen LogP contribution in [0, 0.1) is 0 Å². The van der Waals surface area contributed by atoms with Crippen LogP contribution in [0.5, 0.6) is 0 Å². The standard InChI is InChI=1S/C17H19F3N2O4S2/c1-3-22(4-2)28(25,26)16-10-8-15(9-11-16)27(23,24)21-14-7-5-6-13(12-14)17(18,19)20/h5-12,21H,3-4H2,1-2H3. The highest BCUT2D eigenvalue weighted by Gasteiger charge is 2.31. The first kappa shape index (κ1) is 22.2. The highest BCUT2D eigenvalue weighted by molar-refractivity contribution is 7.92. The lowest BCUT2D eigenvalue weighted by Crippen LogP contribution is -2.30. The minimum Gasteiger partial charge on any atom is -0.280 e. The molecule has 0 aliphatic rings. The molecule has 6 nitrogen and oxygen atoms in total. The number of benzene rings is 2. The maximum absolute atomic E-state index is 12.8. The van der Waals surface area contributed by atoms with Crippen molar-refractivity contribution in [2.75, 3.05) is 17.8 Å². The number of halogens is 3. The van der Waals surface area contributed by atoms with Crippen LogP contribution in [-0.4, -0.2) is 34.2 Å². The van der Waals surface area contributed by atoms with E-state index < -0.39 is 31.8 Å². The highest BCUT2D eigenvalue weighted by atomic mass is 32.2. The van der Waals surface area contributed by atoms with Gasteiger partial charge in [0.1, 0.15) is 0 Å². The van der Waals surface area contributed by atoms with Gasteiger partial charge in [-0.1, -0.05) is 19.9 Å². The molecular weight excluding hydrogens is 417 g/mol. The minimum atomic E-state index is -4.61. The van der Waals surface area contributed by atoms with Crippen LogP contribution in [0.1, 0.15) is 19.4 Å². The molecule has 0 fully saturated rings. The first-order valence-corrected chi connectivity index (χ1v) is 11.1. The van der Waals surface area contributed by atoms with Crippen LogP contribution >= 0.6 is 0 Å². The molecule has 0 aliphatic heterocycles. The summed E-state index contributed by atoms with van der Waals surface area (Å²) in [6.07, 6.45) is -4.61. The molecule has 0 unspecified atom stereocenters. The number of alkyl halides is 3. The molecule has 0 saturated heterocycles. The molecule has 154 valence electrons. The molecule has 2 aromatic rings. The average molecular weight is 436 g/mol. The van der Waals surface area contributed by atoms with Gasteiger partial charge < -0.3 is 0 Å². The van der Waals surface area contributed by atoms with Gasteiger partial charge in [0.15, 0.2) is 0 Å². The monoisotopic (exact) mass is 436 g/mol. The third kappa shape index (κ3) is 4.83. The predicted octanol–water partition coefficient (Wildman–Crippen LogP) is 3.54. The van der Waals surface area contributed by atoms with E-state index in [4.69, 9.17) is 0 Å². The van der Waals surface area contributed by atoms with Gasteiger partial charge in [0.2, 0.25) is 10.0 Å². The molecule has 0 bridgehead atoms. The summed E-state index contributed by atoms with van der Waals surface area (Å²) in [7, 11) is -7.95. The van der Waals surface area contributed by atoms with Crippen molar-refractivity contribution >= 4 is 25.7 Å². The van der Waals surface area contributed by atoms with Crippen LogP contribution < -0.4 is 4.72 Å². The molecule has 0 heterocycles. The Morgan fingerprint density at radius 2 is 1.43 bits per heavy atom. The lowest BCUT2D eigenvalue weighted by Gasteiger charge is -2.18. The van der Waals surface area contributed by atoms with E-state index in [1.54, 1.807) is 13.8 Å². The predicted molar refractivity (Wildman–Crippen MR) is 98.8 cm³/mol. The van der Waals surface area contributed by atoms with E-state index in [0.29, 0.717) is 6.07 Å². The van der Waals surface area contributed by atoms with Gasteiger partial charge in [-0.2, -0.15) is 17.5 Å². The summed E-state index contributed by atoms with van der Waals surface area (Å²) in [6, 6.07) is 8.25. The first-order chi connectivity index (χ1) is 12.9. The molecule has 0 saturated carbocycles. The van der Waals surface area contributed by atoms with Gasteiger partial charge in [-0.15, -0.1) is 0 Å². The van der Waals surface area contributed by atoms with E-state index in [1.165, 1.54) is 10.4 Å². The largest absolute Gasteiger partial charge is 0.416 e. The second-order valence-electron chi connectivity index (χ2n) is 5.74. The van der Waals surface area contributed by atoms with E-state index in [1.807, 2.05) is 0 Å². The Balaban J connectivity index is 2.31. The zero-order valence-electron chi connectivity index (χ0n) is 15.1. The van der Waals surface area contributed by atoms with E-state index >= 15 is 0 Å². The lowest BCUT2D eigenvalue weighted by atomic mass is 10.2. The summed E-state index contributed by atoms with van der Waals surface area (Å²) in [4.78, 5) is -0.349. The Hall–Kier alpha value is -2.11. The number of rotatable bonds is 7. The van der Waals surface area contributed by atoms with Crippen LogP contribution in [0.4, 0.5) is 18.9 Å². The van der Waals surface area contributed by atoms with Gasteiger partial charge in [-0.25, -0.2) is 16.8 Å². The number of hydrogen-bond acceptors (Lipinski definition) is 4. The van der Waals surface area contributed by atoms with Crippen LogP contribution in [0.15, 0.2) is 58.3 Å². The number of anilines is 1. The summed E-state index contributed by atoms with van der Waals surface area (Å²) < 4.78 is 91.3. The summed E-state index contributed by atoms with van der Waals surface area (Å²) in [5.41, 5.74) is -1.25. The third-order valence-corrected chi connectivity index (χ3v) is 7.38. The number of nitrogens with zero attached hydrogens (tertiary/aromatic N) is 1. The molecule has 11 heteroatoms. The summed E-state index contributed by atoms with van der Waals surface area (Å²) in [6.45, 7) is 3.88. The summed E-state index contributed by atoms with van der Waals surface area (Å²) in [5.74, 6) is 0. The fraction of sp³-hybridized carbons (Fsp3) is 0.294. The quantitative estimate of drug-likeness (QED) is 0.720. The summed E-state index contributed by atoms with van der Waals surface area (Å²) in [5, 5.41) is 0. The number of hydrogen-bond donors (Lipinski definition) is 1. The molecule has 0 atom stereocenters. The van der Waals surface area contributed by atoms with Crippen molar-refractivity contribution in [3.05, 3.63) is 54.1 Å². The van der Waals surface area contributed by atoms with Gasteiger partial charge in [0.25, 0.3) is 10.0 Å². The smallest absolute Gasteiger partial charge is 0.280 e. The lowest BCUT2D eigenvalue weighted by molar-refractivity contribution is -0.137. The normalized spacial score (nSPS) is 12.9. The molecule has 1 N–H and O–H groups in total. The van der Waals surface area contributed by atoms with Gasteiger partial charge in [-0.05, 0) is 42.5 Å². The van der Waals surface area contributed by atoms with Crippen molar-refractivity contribution in [1.82, 2.24) is 4.31 Å². The molecule has 2 rings (SSSR count). The SMILES string of the molecule is CCN(CC)S(=O)(=O)c1ccc(S(=O)(=O)Nc2cccc(C(F)(F)F)c2)cc1. The molecule has 0 aliphatic carbocycles. The van der Waals surface area contributed by atoms with Gasteiger partial charge >= 0.3 is 6.18 Å². The van der Waals surface area contributed by atoms with E-state index in [-0.39, 0.29) is 28.6 Å². The maximum atomic E-state index is 12.8. The summed E-state index contributed by atoms with van der Waals surface area (Å²) >= 11 is 0. The molecule has 0 aromatic heterocycles. The topological polar surface area (TPSA) is 83.6 Å².